The van der Waals surface area contributed by atoms with Gasteiger partial charge in [-0.05, 0) is 25.5 Å². The van der Waals surface area contributed by atoms with E-state index in [2.05, 4.69) is 5.32 Å². The Kier molecular flexibility index (Phi) is 4.46. The van der Waals surface area contributed by atoms with Crippen LogP contribution >= 0.6 is 0 Å². The number of hydrogen-bond donors (Lipinski definition) is 2. The molecule has 1 amide bonds. The molecule has 0 fully saturated rings. The van der Waals surface area contributed by atoms with Crippen LogP contribution in [0, 0.1) is 6.92 Å². The summed E-state index contributed by atoms with van der Waals surface area (Å²) in [7, 11) is 0. The van der Waals surface area contributed by atoms with Gasteiger partial charge in [-0.1, -0.05) is 29.8 Å². The van der Waals surface area contributed by atoms with Gasteiger partial charge in [-0.2, -0.15) is 0 Å². The van der Waals surface area contributed by atoms with Gasteiger partial charge in [0, 0.05) is 6.08 Å². The minimum absolute atomic E-state index is 0.415. The molecule has 0 aliphatic carbocycles. The molecule has 0 radical (unpaired) electrons. The van der Waals surface area contributed by atoms with E-state index >= 15 is 0 Å². The number of aryl methyl sites for hydroxylation is 1. The first kappa shape index (κ1) is 13.0. The summed E-state index contributed by atoms with van der Waals surface area (Å²) in [6.07, 6.45) is 2.98. The highest BCUT2D eigenvalue weighted by Gasteiger charge is 2.11. The number of carbonyl (C=O) groups is 2. The zero-order valence-corrected chi connectivity index (χ0v) is 9.81. The number of carboxylic acid groups (broad SMARTS) is 1. The highest BCUT2D eigenvalue weighted by Crippen LogP contribution is 2.05. The lowest BCUT2D eigenvalue weighted by Crippen LogP contribution is -2.37. The summed E-state index contributed by atoms with van der Waals surface area (Å²) in [6, 6.07) is 6.78. The van der Waals surface area contributed by atoms with Crippen LogP contribution in [0.25, 0.3) is 6.08 Å². The number of nitrogens with one attached hydrogen (secondary N) is 1. The molecule has 1 rings (SSSR count). The van der Waals surface area contributed by atoms with Gasteiger partial charge in [-0.3, -0.25) is 9.59 Å². The molecule has 0 heterocycles. The van der Waals surface area contributed by atoms with Crippen LogP contribution in [0.4, 0.5) is 0 Å². The van der Waals surface area contributed by atoms with E-state index in [0.717, 1.165) is 11.1 Å². The van der Waals surface area contributed by atoms with Gasteiger partial charge in [0.25, 0.3) is 0 Å². The molecule has 1 aromatic carbocycles. The average Bonchev–Trinajstić information content (AvgIpc) is 2.26. The van der Waals surface area contributed by atoms with Gasteiger partial charge in [-0.15, -0.1) is 0 Å². The third-order valence-electron chi connectivity index (χ3n) is 2.20. The van der Waals surface area contributed by atoms with Crippen molar-refractivity contribution in [3.63, 3.8) is 0 Å². The smallest absolute Gasteiger partial charge is 0.325 e. The number of carbonyl (C=O) groups excluding carboxylic acids is 1. The zero-order valence-electron chi connectivity index (χ0n) is 9.81. The van der Waals surface area contributed by atoms with Gasteiger partial charge in [0.05, 0.1) is 0 Å². The van der Waals surface area contributed by atoms with Crippen LogP contribution in [-0.2, 0) is 9.59 Å². The van der Waals surface area contributed by atoms with Gasteiger partial charge in [0.15, 0.2) is 0 Å². The maximum absolute atomic E-state index is 11.4. The van der Waals surface area contributed by atoms with Crippen molar-refractivity contribution in [1.82, 2.24) is 5.32 Å². The summed E-state index contributed by atoms with van der Waals surface area (Å²) in [5.74, 6) is -1.47. The average molecular weight is 233 g/mol. The molecule has 4 heteroatoms. The molecular formula is C13H15NO3. The summed E-state index contributed by atoms with van der Waals surface area (Å²) < 4.78 is 0. The number of aliphatic carboxylic acids is 1. The molecule has 0 aromatic heterocycles. The third kappa shape index (κ3) is 4.51. The van der Waals surface area contributed by atoms with E-state index < -0.39 is 17.9 Å². The van der Waals surface area contributed by atoms with Gasteiger partial charge in [-0.25, -0.2) is 0 Å². The summed E-state index contributed by atoms with van der Waals surface area (Å²) >= 11 is 0. The van der Waals surface area contributed by atoms with Crippen molar-refractivity contribution in [2.24, 2.45) is 0 Å². The molecule has 0 aliphatic heterocycles. The molecule has 1 atom stereocenters. The Balaban J connectivity index is 2.59. The number of hydrogen-bond acceptors (Lipinski definition) is 2. The molecule has 0 saturated carbocycles. The Morgan fingerprint density at radius 2 is 2.12 bits per heavy atom. The van der Waals surface area contributed by atoms with E-state index in [0.29, 0.717) is 0 Å². The molecule has 17 heavy (non-hydrogen) atoms. The summed E-state index contributed by atoms with van der Waals surface area (Å²) in [5, 5.41) is 11.0. The van der Waals surface area contributed by atoms with Crippen molar-refractivity contribution < 1.29 is 14.7 Å². The van der Waals surface area contributed by atoms with E-state index in [1.54, 1.807) is 6.08 Å². The second-order valence-electron chi connectivity index (χ2n) is 3.82. The Labute approximate surface area is 100.0 Å². The maximum Gasteiger partial charge on any atom is 0.325 e. The molecule has 0 bridgehead atoms. The van der Waals surface area contributed by atoms with Gasteiger partial charge < -0.3 is 10.4 Å². The van der Waals surface area contributed by atoms with E-state index in [1.165, 1.54) is 13.0 Å². The van der Waals surface area contributed by atoms with Crippen molar-refractivity contribution >= 4 is 18.0 Å². The highest BCUT2D eigenvalue weighted by atomic mass is 16.4. The van der Waals surface area contributed by atoms with Crippen LogP contribution < -0.4 is 5.32 Å². The molecule has 0 spiro atoms. The van der Waals surface area contributed by atoms with Gasteiger partial charge >= 0.3 is 5.97 Å². The predicted octanol–water partition coefficient (Wildman–Crippen LogP) is 1.60. The van der Waals surface area contributed by atoms with Crippen LogP contribution in [0.5, 0.6) is 0 Å². The fraction of sp³-hybridized carbons (Fsp3) is 0.231. The van der Waals surface area contributed by atoms with Crippen LogP contribution in [-0.4, -0.2) is 23.0 Å². The van der Waals surface area contributed by atoms with Crippen LogP contribution in [0.2, 0.25) is 0 Å². The Bertz CT molecular complexity index is 452. The van der Waals surface area contributed by atoms with Gasteiger partial charge in [0.2, 0.25) is 5.91 Å². The van der Waals surface area contributed by atoms with Gasteiger partial charge in [0.1, 0.15) is 6.04 Å². The monoisotopic (exact) mass is 233 g/mol. The zero-order chi connectivity index (χ0) is 12.8. The lowest BCUT2D eigenvalue weighted by Gasteiger charge is -2.05. The molecule has 1 aromatic rings. The molecule has 4 nitrogen and oxygen atoms in total. The molecule has 2 N–H and O–H groups in total. The number of amides is 1. The molecule has 90 valence electrons. The lowest BCUT2D eigenvalue weighted by atomic mass is 10.1. The second-order valence-corrected chi connectivity index (χ2v) is 3.82. The van der Waals surface area contributed by atoms with Crippen molar-refractivity contribution in [3.05, 3.63) is 41.5 Å². The SMILES string of the molecule is Cc1cccc(C=CC(=O)N[C@H](C)C(=O)O)c1. The predicted molar refractivity (Wildman–Crippen MR) is 65.5 cm³/mol. The highest BCUT2D eigenvalue weighted by molar-refractivity contribution is 5.94. The van der Waals surface area contributed by atoms with E-state index in [-0.39, 0.29) is 0 Å². The maximum atomic E-state index is 11.4. The Morgan fingerprint density at radius 3 is 2.71 bits per heavy atom. The number of carboxylic acids is 1. The summed E-state index contributed by atoms with van der Waals surface area (Å²) in [5.41, 5.74) is 2.01. The Hall–Kier alpha value is -2.10. The minimum Gasteiger partial charge on any atom is -0.480 e. The first-order chi connectivity index (χ1) is 7.99. The van der Waals surface area contributed by atoms with E-state index in [1.807, 2.05) is 31.2 Å². The summed E-state index contributed by atoms with van der Waals surface area (Å²) in [6.45, 7) is 3.38. The first-order valence-electron chi connectivity index (χ1n) is 5.27. The van der Waals surface area contributed by atoms with Crippen LogP contribution in [0.15, 0.2) is 30.3 Å². The third-order valence-corrected chi connectivity index (χ3v) is 2.20. The number of benzene rings is 1. The van der Waals surface area contributed by atoms with E-state index in [4.69, 9.17) is 5.11 Å². The second kappa shape index (κ2) is 5.84. The Morgan fingerprint density at radius 1 is 1.41 bits per heavy atom. The molecule has 0 unspecified atom stereocenters. The minimum atomic E-state index is -1.05. The summed E-state index contributed by atoms with van der Waals surface area (Å²) in [4.78, 5) is 21.9. The van der Waals surface area contributed by atoms with Crippen molar-refractivity contribution in [2.45, 2.75) is 19.9 Å². The van der Waals surface area contributed by atoms with Crippen molar-refractivity contribution in [1.29, 1.82) is 0 Å². The van der Waals surface area contributed by atoms with E-state index in [9.17, 15) is 9.59 Å². The number of rotatable bonds is 4. The quantitative estimate of drug-likeness (QED) is 0.776. The lowest BCUT2D eigenvalue weighted by molar-refractivity contribution is -0.140. The molecule has 0 aliphatic rings. The molecule has 0 saturated heterocycles. The fourth-order valence-corrected chi connectivity index (χ4v) is 1.27. The first-order valence-corrected chi connectivity index (χ1v) is 5.27. The van der Waals surface area contributed by atoms with Crippen molar-refractivity contribution in [3.8, 4) is 0 Å². The van der Waals surface area contributed by atoms with Crippen LogP contribution in [0.1, 0.15) is 18.1 Å². The standard InChI is InChI=1S/C13H15NO3/c1-9-4-3-5-11(8-9)6-7-12(15)14-10(2)13(16)17/h3-8,10H,1-2H3,(H,14,15)(H,16,17)/t10-/m1/s1. The van der Waals surface area contributed by atoms with Crippen LogP contribution in [0.3, 0.4) is 0 Å². The molecular weight excluding hydrogens is 218 g/mol. The topological polar surface area (TPSA) is 66.4 Å². The normalized spacial score (nSPS) is 12.4. The largest absolute Gasteiger partial charge is 0.480 e. The fourth-order valence-electron chi connectivity index (χ4n) is 1.27. The van der Waals surface area contributed by atoms with Crippen molar-refractivity contribution in [2.75, 3.05) is 0 Å².